The van der Waals surface area contributed by atoms with Gasteiger partial charge in [0.1, 0.15) is 5.82 Å². The molecule has 6 heteroatoms. The number of halogens is 1. The smallest absolute Gasteiger partial charge is 0.408 e. The molecule has 2 aromatic rings. The number of carbonyl (C=O) groups is 2. The molecule has 2 aromatic carbocycles. The molecule has 2 N–H and O–H groups in total. The van der Waals surface area contributed by atoms with Crippen molar-refractivity contribution in [2.75, 3.05) is 6.54 Å². The van der Waals surface area contributed by atoms with Crippen molar-refractivity contribution in [3.8, 4) is 0 Å². The number of nitrogens with one attached hydrogen (secondary N) is 2. The highest BCUT2D eigenvalue weighted by molar-refractivity contribution is 5.84. The van der Waals surface area contributed by atoms with Gasteiger partial charge >= 0.3 is 6.09 Å². The lowest BCUT2D eigenvalue weighted by Gasteiger charge is -2.23. The van der Waals surface area contributed by atoms with Crippen LogP contribution in [0.4, 0.5) is 9.18 Å². The third-order valence-corrected chi connectivity index (χ3v) is 3.67. The second-order valence-electron chi connectivity index (χ2n) is 7.24. The van der Waals surface area contributed by atoms with Crippen LogP contribution in [0.25, 0.3) is 0 Å². The van der Waals surface area contributed by atoms with E-state index in [-0.39, 0.29) is 5.82 Å². The number of hydrogen-bond donors (Lipinski definition) is 2. The summed E-state index contributed by atoms with van der Waals surface area (Å²) in [5, 5.41) is 5.46. The monoisotopic (exact) mass is 372 g/mol. The molecule has 0 bridgehead atoms. The van der Waals surface area contributed by atoms with E-state index in [1.807, 2.05) is 26.8 Å². The normalized spacial score (nSPS) is 12.1. The predicted molar refractivity (Wildman–Crippen MR) is 102 cm³/mol. The zero-order valence-corrected chi connectivity index (χ0v) is 15.8. The lowest BCUT2D eigenvalue weighted by molar-refractivity contribution is -0.129. The van der Waals surface area contributed by atoms with E-state index in [2.05, 4.69) is 10.6 Å². The zero-order valence-electron chi connectivity index (χ0n) is 15.8. The van der Waals surface area contributed by atoms with Crippen LogP contribution >= 0.6 is 0 Å². The van der Waals surface area contributed by atoms with Gasteiger partial charge in [-0.05, 0) is 44.9 Å². The summed E-state index contributed by atoms with van der Waals surface area (Å²) < 4.78 is 18.3. The van der Waals surface area contributed by atoms with Crippen LogP contribution in [0.15, 0.2) is 54.6 Å². The Hall–Kier alpha value is -2.89. The molecule has 0 unspecified atom stereocenters. The average Bonchev–Trinajstić information content (AvgIpc) is 2.60. The topological polar surface area (TPSA) is 67.4 Å². The molecule has 0 spiro atoms. The second kappa shape index (κ2) is 9.16. The van der Waals surface area contributed by atoms with E-state index < -0.39 is 23.6 Å². The summed E-state index contributed by atoms with van der Waals surface area (Å²) in [5.41, 5.74) is 1.01. The molecule has 144 valence electrons. The Labute approximate surface area is 158 Å². The van der Waals surface area contributed by atoms with Gasteiger partial charge in [0, 0.05) is 17.6 Å². The van der Waals surface area contributed by atoms with Crippen molar-refractivity contribution in [2.24, 2.45) is 0 Å². The first-order chi connectivity index (χ1) is 12.7. The third-order valence-electron chi connectivity index (χ3n) is 3.67. The minimum atomic E-state index is -1.05. The van der Waals surface area contributed by atoms with Crippen molar-refractivity contribution < 1.29 is 18.7 Å². The number of carbonyl (C=O) groups excluding carboxylic acids is 2. The first-order valence-corrected chi connectivity index (χ1v) is 8.80. The zero-order chi connectivity index (χ0) is 19.9. The third kappa shape index (κ3) is 7.09. The van der Waals surface area contributed by atoms with E-state index in [4.69, 9.17) is 4.74 Å². The maximum Gasteiger partial charge on any atom is 0.408 e. The Bertz CT molecular complexity index is 755. The van der Waals surface area contributed by atoms with Crippen LogP contribution in [0.5, 0.6) is 0 Å². The van der Waals surface area contributed by atoms with E-state index in [0.717, 1.165) is 5.56 Å². The summed E-state index contributed by atoms with van der Waals surface area (Å²) in [6, 6.07) is 14.9. The highest BCUT2D eigenvalue weighted by atomic mass is 19.1. The van der Waals surface area contributed by atoms with Gasteiger partial charge in [-0.25, -0.2) is 9.18 Å². The highest BCUT2D eigenvalue weighted by Crippen LogP contribution is 2.18. The minimum absolute atomic E-state index is 0.301. The van der Waals surface area contributed by atoms with E-state index in [9.17, 15) is 14.0 Å². The maximum atomic E-state index is 12.9. The van der Waals surface area contributed by atoms with Gasteiger partial charge in [-0.15, -0.1) is 0 Å². The molecule has 2 rings (SSSR count). The number of rotatable bonds is 6. The first kappa shape index (κ1) is 20.4. The Balaban J connectivity index is 2.00. The van der Waals surface area contributed by atoms with Gasteiger partial charge < -0.3 is 15.4 Å². The quantitative estimate of drug-likeness (QED) is 0.811. The molecule has 0 heterocycles. The molecule has 0 fully saturated rings. The summed E-state index contributed by atoms with van der Waals surface area (Å²) in [4.78, 5) is 24.7. The fourth-order valence-electron chi connectivity index (χ4n) is 2.42. The van der Waals surface area contributed by atoms with Crippen LogP contribution < -0.4 is 10.6 Å². The van der Waals surface area contributed by atoms with Crippen molar-refractivity contribution in [3.05, 3.63) is 71.5 Å². The molecule has 0 aliphatic carbocycles. The molecule has 0 aliphatic heterocycles. The molecule has 0 radical (unpaired) electrons. The molecule has 0 saturated heterocycles. The summed E-state index contributed by atoms with van der Waals surface area (Å²) in [6.07, 6.45) is -1.17. The largest absolute Gasteiger partial charge is 0.431 e. The van der Waals surface area contributed by atoms with Crippen molar-refractivity contribution in [1.29, 1.82) is 0 Å². The average molecular weight is 372 g/mol. The number of benzene rings is 2. The SMILES string of the molecule is CC(C)(C)NC(=O)O[C@H](C(=O)NCCc1ccc(F)cc1)c1ccccc1. The Kier molecular flexibility index (Phi) is 6.93. The second-order valence-corrected chi connectivity index (χ2v) is 7.24. The van der Waals surface area contributed by atoms with E-state index in [1.54, 1.807) is 36.4 Å². The molecule has 0 aliphatic rings. The van der Waals surface area contributed by atoms with Gasteiger partial charge in [0.05, 0.1) is 0 Å². The fraction of sp³-hybridized carbons (Fsp3) is 0.333. The summed E-state index contributed by atoms with van der Waals surface area (Å²) >= 11 is 0. The summed E-state index contributed by atoms with van der Waals surface area (Å²) in [5.74, 6) is -0.711. The van der Waals surface area contributed by atoms with Gasteiger partial charge in [0.25, 0.3) is 5.91 Å². The fourth-order valence-corrected chi connectivity index (χ4v) is 2.42. The van der Waals surface area contributed by atoms with Crippen LogP contribution in [0.2, 0.25) is 0 Å². The standard InChI is InChI=1S/C21H25FN2O3/c1-21(2,3)24-20(26)27-18(16-7-5-4-6-8-16)19(25)23-14-13-15-9-11-17(22)12-10-15/h4-12,18H,13-14H2,1-3H3,(H,23,25)(H,24,26)/t18-/m0/s1. The lowest BCUT2D eigenvalue weighted by Crippen LogP contribution is -2.43. The summed E-state index contributed by atoms with van der Waals surface area (Å²) in [7, 11) is 0. The molecular formula is C21H25FN2O3. The van der Waals surface area contributed by atoms with Crippen LogP contribution in [-0.2, 0) is 16.0 Å². The van der Waals surface area contributed by atoms with Crippen LogP contribution in [-0.4, -0.2) is 24.1 Å². The Morgan fingerprint density at radius 2 is 1.67 bits per heavy atom. The number of alkyl carbamates (subject to hydrolysis) is 1. The van der Waals surface area contributed by atoms with Crippen LogP contribution in [0, 0.1) is 5.82 Å². The summed E-state index contributed by atoms with van der Waals surface area (Å²) in [6.45, 7) is 5.83. The highest BCUT2D eigenvalue weighted by Gasteiger charge is 2.26. The van der Waals surface area contributed by atoms with E-state index >= 15 is 0 Å². The number of amides is 2. The molecule has 1 atom stereocenters. The van der Waals surface area contributed by atoms with Gasteiger partial charge in [0.15, 0.2) is 0 Å². The molecule has 0 saturated carbocycles. The van der Waals surface area contributed by atoms with Gasteiger partial charge in [-0.3, -0.25) is 4.79 Å². The molecule has 0 aromatic heterocycles. The lowest BCUT2D eigenvalue weighted by atomic mass is 10.1. The molecule has 2 amide bonds. The molecule has 27 heavy (non-hydrogen) atoms. The number of ether oxygens (including phenoxy) is 1. The van der Waals surface area contributed by atoms with Gasteiger partial charge in [0.2, 0.25) is 6.10 Å². The minimum Gasteiger partial charge on any atom is -0.431 e. The number of hydrogen-bond acceptors (Lipinski definition) is 3. The molecule has 5 nitrogen and oxygen atoms in total. The van der Waals surface area contributed by atoms with Crippen molar-refractivity contribution >= 4 is 12.0 Å². The Morgan fingerprint density at radius 1 is 1.04 bits per heavy atom. The van der Waals surface area contributed by atoms with Gasteiger partial charge in [-0.1, -0.05) is 42.5 Å². The van der Waals surface area contributed by atoms with Gasteiger partial charge in [-0.2, -0.15) is 0 Å². The van der Waals surface area contributed by atoms with Crippen LogP contribution in [0.1, 0.15) is 38.0 Å². The van der Waals surface area contributed by atoms with E-state index in [0.29, 0.717) is 18.5 Å². The van der Waals surface area contributed by atoms with E-state index in [1.165, 1.54) is 12.1 Å². The Morgan fingerprint density at radius 3 is 2.26 bits per heavy atom. The maximum absolute atomic E-state index is 12.9. The van der Waals surface area contributed by atoms with Crippen LogP contribution in [0.3, 0.4) is 0 Å². The van der Waals surface area contributed by atoms with Crippen molar-refractivity contribution in [3.63, 3.8) is 0 Å². The first-order valence-electron chi connectivity index (χ1n) is 8.80. The molecular weight excluding hydrogens is 347 g/mol. The van der Waals surface area contributed by atoms with Crippen molar-refractivity contribution in [1.82, 2.24) is 10.6 Å². The predicted octanol–water partition coefficient (Wildman–Crippen LogP) is 3.75. The van der Waals surface area contributed by atoms with Crippen molar-refractivity contribution in [2.45, 2.75) is 38.8 Å².